The molecule has 5 nitrogen and oxygen atoms in total. The Morgan fingerprint density at radius 2 is 1.78 bits per heavy atom. The van der Waals surface area contributed by atoms with Gasteiger partial charge in [-0.25, -0.2) is 8.42 Å². The second-order valence-corrected chi connectivity index (χ2v) is 5.87. The van der Waals surface area contributed by atoms with E-state index in [2.05, 4.69) is 10.0 Å². The highest BCUT2D eigenvalue weighted by Gasteiger charge is 2.05. The molecule has 6 heteroatoms. The van der Waals surface area contributed by atoms with Gasteiger partial charge in [0.25, 0.3) is 0 Å². The first-order chi connectivity index (χ1) is 8.57. The first kappa shape index (κ1) is 14.8. The highest BCUT2D eigenvalue weighted by atomic mass is 32.2. The van der Waals surface area contributed by atoms with Crippen LogP contribution in [0.15, 0.2) is 24.3 Å². The van der Waals surface area contributed by atoms with Gasteiger partial charge < -0.3 is 10.1 Å². The molecule has 0 saturated carbocycles. The lowest BCUT2D eigenvalue weighted by Crippen LogP contribution is -2.14. The van der Waals surface area contributed by atoms with Crippen molar-refractivity contribution in [3.8, 4) is 0 Å². The Kier molecular flexibility index (Phi) is 5.94. The predicted molar refractivity (Wildman–Crippen MR) is 74.5 cm³/mol. The van der Waals surface area contributed by atoms with Crippen LogP contribution in [0.3, 0.4) is 0 Å². The monoisotopic (exact) mass is 272 g/mol. The van der Waals surface area contributed by atoms with Crippen LogP contribution in [0.1, 0.15) is 13.3 Å². The average molecular weight is 272 g/mol. The first-order valence-electron chi connectivity index (χ1n) is 5.91. The number of rotatable bonds is 8. The van der Waals surface area contributed by atoms with E-state index in [1.807, 2.05) is 12.1 Å². The van der Waals surface area contributed by atoms with E-state index in [0.29, 0.717) is 5.69 Å². The van der Waals surface area contributed by atoms with Crippen molar-refractivity contribution in [3.63, 3.8) is 0 Å². The maximum absolute atomic E-state index is 11.4. The minimum atomic E-state index is -3.20. The van der Waals surface area contributed by atoms with Gasteiger partial charge in [0.2, 0.25) is 10.0 Å². The van der Waals surface area contributed by atoms with Crippen molar-refractivity contribution in [3.05, 3.63) is 24.3 Å². The van der Waals surface area contributed by atoms with Gasteiger partial charge in [0.1, 0.15) is 0 Å². The molecule has 102 valence electrons. The summed E-state index contributed by atoms with van der Waals surface area (Å²) in [5.41, 5.74) is 1.55. The molecule has 1 aromatic rings. The summed E-state index contributed by atoms with van der Waals surface area (Å²) in [5.74, 6) is 0.0734. The minimum absolute atomic E-state index is 0.0734. The summed E-state index contributed by atoms with van der Waals surface area (Å²) in [4.78, 5) is 0. The smallest absolute Gasteiger partial charge is 0.232 e. The molecule has 18 heavy (non-hydrogen) atoms. The van der Waals surface area contributed by atoms with E-state index in [1.165, 1.54) is 0 Å². The van der Waals surface area contributed by atoms with Crippen LogP contribution < -0.4 is 10.0 Å². The Bertz CT molecular complexity index is 443. The zero-order chi connectivity index (χ0) is 13.4. The van der Waals surface area contributed by atoms with Crippen LogP contribution in [0.2, 0.25) is 0 Å². The van der Waals surface area contributed by atoms with Crippen molar-refractivity contribution in [1.82, 2.24) is 0 Å². The van der Waals surface area contributed by atoms with Gasteiger partial charge >= 0.3 is 0 Å². The molecule has 0 bridgehead atoms. The molecule has 1 aromatic carbocycles. The van der Waals surface area contributed by atoms with Crippen LogP contribution >= 0.6 is 0 Å². The van der Waals surface area contributed by atoms with Crippen molar-refractivity contribution in [1.29, 1.82) is 0 Å². The van der Waals surface area contributed by atoms with Crippen molar-refractivity contribution >= 4 is 21.4 Å². The number of sulfonamides is 1. The number of hydrogen-bond donors (Lipinski definition) is 2. The minimum Gasteiger partial charge on any atom is -0.385 e. The molecule has 0 spiro atoms. The molecular formula is C12H20N2O3S. The van der Waals surface area contributed by atoms with E-state index in [-0.39, 0.29) is 5.75 Å². The second-order valence-electron chi connectivity index (χ2n) is 3.86. The Hall–Kier alpha value is -1.27. The maximum atomic E-state index is 11.4. The van der Waals surface area contributed by atoms with E-state index in [1.54, 1.807) is 26.2 Å². The summed E-state index contributed by atoms with van der Waals surface area (Å²) in [7, 11) is -1.52. The third-order valence-corrected chi connectivity index (χ3v) is 3.70. The molecule has 2 N–H and O–H groups in total. The van der Waals surface area contributed by atoms with Crippen molar-refractivity contribution < 1.29 is 13.2 Å². The van der Waals surface area contributed by atoms with Gasteiger partial charge in [-0.05, 0) is 37.6 Å². The molecule has 0 radical (unpaired) electrons. The molecule has 1 rings (SSSR count). The summed E-state index contributed by atoms with van der Waals surface area (Å²) in [6.45, 7) is 3.16. The fourth-order valence-corrected chi connectivity index (χ4v) is 2.00. The van der Waals surface area contributed by atoms with E-state index in [4.69, 9.17) is 4.74 Å². The summed E-state index contributed by atoms with van der Waals surface area (Å²) < 4.78 is 30.2. The van der Waals surface area contributed by atoms with Gasteiger partial charge in [0.15, 0.2) is 0 Å². The quantitative estimate of drug-likeness (QED) is 0.709. The number of benzene rings is 1. The number of hydrogen-bond acceptors (Lipinski definition) is 4. The zero-order valence-electron chi connectivity index (χ0n) is 10.8. The van der Waals surface area contributed by atoms with Crippen molar-refractivity contribution in [2.75, 3.05) is 36.1 Å². The van der Waals surface area contributed by atoms with Crippen LogP contribution in [0, 0.1) is 0 Å². The standard InChI is InChI=1S/C12H20N2O3S/c1-3-18(15,16)14-12-7-5-11(6-8-12)13-9-4-10-17-2/h5-8,13-14H,3-4,9-10H2,1-2H3. The highest BCUT2D eigenvalue weighted by molar-refractivity contribution is 7.92. The Labute approximate surface area is 109 Å². The van der Waals surface area contributed by atoms with E-state index < -0.39 is 10.0 Å². The summed E-state index contributed by atoms with van der Waals surface area (Å²) in [5, 5.41) is 3.23. The molecule has 0 saturated heterocycles. The van der Waals surface area contributed by atoms with Crippen molar-refractivity contribution in [2.24, 2.45) is 0 Å². The topological polar surface area (TPSA) is 67.4 Å². The average Bonchev–Trinajstić information content (AvgIpc) is 2.36. The molecular weight excluding hydrogens is 252 g/mol. The highest BCUT2D eigenvalue weighted by Crippen LogP contribution is 2.14. The normalized spacial score (nSPS) is 11.2. The summed E-state index contributed by atoms with van der Waals surface area (Å²) in [6.07, 6.45) is 0.931. The number of anilines is 2. The van der Waals surface area contributed by atoms with Gasteiger partial charge in [0.05, 0.1) is 5.75 Å². The molecule has 0 atom stereocenters. The third kappa shape index (κ3) is 5.37. The lowest BCUT2D eigenvalue weighted by Gasteiger charge is -2.08. The van der Waals surface area contributed by atoms with Crippen LogP contribution in [0.25, 0.3) is 0 Å². The Balaban J connectivity index is 2.47. The van der Waals surface area contributed by atoms with Crippen LogP contribution in [-0.2, 0) is 14.8 Å². The predicted octanol–water partition coefficient (Wildman–Crippen LogP) is 1.90. The van der Waals surface area contributed by atoms with Crippen molar-refractivity contribution in [2.45, 2.75) is 13.3 Å². The van der Waals surface area contributed by atoms with Gasteiger partial charge in [-0.15, -0.1) is 0 Å². The molecule has 0 aliphatic carbocycles. The molecule has 0 aliphatic heterocycles. The Morgan fingerprint density at radius 1 is 1.17 bits per heavy atom. The number of ether oxygens (including phenoxy) is 1. The van der Waals surface area contributed by atoms with Crippen LogP contribution in [0.4, 0.5) is 11.4 Å². The first-order valence-corrected chi connectivity index (χ1v) is 7.56. The second kappa shape index (κ2) is 7.23. The lowest BCUT2D eigenvalue weighted by molar-refractivity contribution is 0.198. The fraction of sp³-hybridized carbons (Fsp3) is 0.500. The molecule has 0 fully saturated rings. The van der Waals surface area contributed by atoms with Gasteiger partial charge in [-0.3, -0.25) is 4.72 Å². The van der Waals surface area contributed by atoms with Crippen LogP contribution in [-0.4, -0.2) is 34.4 Å². The maximum Gasteiger partial charge on any atom is 0.232 e. The summed E-state index contributed by atoms with van der Waals surface area (Å²) in [6, 6.07) is 7.18. The molecule has 0 amide bonds. The van der Waals surface area contributed by atoms with Gasteiger partial charge in [0, 0.05) is 31.6 Å². The molecule has 0 aliphatic rings. The van der Waals surface area contributed by atoms with Crippen LogP contribution in [0.5, 0.6) is 0 Å². The van der Waals surface area contributed by atoms with E-state index >= 15 is 0 Å². The van der Waals surface area contributed by atoms with Gasteiger partial charge in [-0.2, -0.15) is 0 Å². The van der Waals surface area contributed by atoms with E-state index in [9.17, 15) is 8.42 Å². The van der Waals surface area contributed by atoms with Gasteiger partial charge in [-0.1, -0.05) is 0 Å². The summed E-state index contributed by atoms with van der Waals surface area (Å²) >= 11 is 0. The number of methoxy groups -OCH3 is 1. The number of nitrogens with one attached hydrogen (secondary N) is 2. The zero-order valence-corrected chi connectivity index (χ0v) is 11.6. The largest absolute Gasteiger partial charge is 0.385 e. The molecule has 0 unspecified atom stereocenters. The van der Waals surface area contributed by atoms with E-state index in [0.717, 1.165) is 25.3 Å². The molecule has 0 heterocycles. The molecule has 0 aromatic heterocycles. The SMILES string of the molecule is CCS(=O)(=O)Nc1ccc(NCCCOC)cc1. The fourth-order valence-electron chi connectivity index (χ4n) is 1.36. The Morgan fingerprint density at radius 3 is 2.33 bits per heavy atom. The lowest BCUT2D eigenvalue weighted by atomic mass is 10.3. The third-order valence-electron chi connectivity index (χ3n) is 2.39.